The molecule has 0 fully saturated rings. The van der Waals surface area contributed by atoms with Crippen LogP contribution in [0.15, 0.2) is 42.5 Å². The fourth-order valence-corrected chi connectivity index (χ4v) is 3.38. The van der Waals surface area contributed by atoms with E-state index in [0.717, 1.165) is 22.5 Å². The number of ether oxygens (including phenoxy) is 1. The highest BCUT2D eigenvalue weighted by Gasteiger charge is 2.20. The van der Waals surface area contributed by atoms with Gasteiger partial charge < -0.3 is 20.1 Å². The molecule has 0 saturated heterocycles. The quantitative estimate of drug-likeness (QED) is 0.655. The van der Waals surface area contributed by atoms with E-state index in [2.05, 4.69) is 0 Å². The normalized spacial score (nSPS) is 10.7. The minimum Gasteiger partial charge on any atom is -0.508 e. The Hall–Kier alpha value is -3.06. The maximum absolute atomic E-state index is 11.4. The zero-order valence-electron chi connectivity index (χ0n) is 12.2. The Labute approximate surface area is 140 Å². The molecule has 0 aliphatic heterocycles. The van der Waals surface area contributed by atoms with E-state index >= 15 is 0 Å². The first-order valence-electron chi connectivity index (χ1n) is 6.89. The fraction of sp³-hybridized carbons (Fsp3) is 0.0588. The van der Waals surface area contributed by atoms with Crippen molar-refractivity contribution < 1.29 is 29.6 Å². The number of rotatable bonds is 5. The number of carbonyl (C=O) groups is 2. The lowest BCUT2D eigenvalue weighted by atomic mass is 10.0. The van der Waals surface area contributed by atoms with Crippen LogP contribution in [0.4, 0.5) is 0 Å². The minimum atomic E-state index is -1.18. The zero-order valence-corrected chi connectivity index (χ0v) is 13.0. The van der Waals surface area contributed by atoms with Gasteiger partial charge in [0.1, 0.15) is 5.75 Å². The number of hydrogen-bond acceptors (Lipinski definition) is 5. The molecule has 24 heavy (non-hydrogen) atoms. The van der Waals surface area contributed by atoms with Gasteiger partial charge in [-0.1, -0.05) is 18.2 Å². The summed E-state index contributed by atoms with van der Waals surface area (Å²) in [6.45, 7) is -0.611. The summed E-state index contributed by atoms with van der Waals surface area (Å²) in [6.07, 6.45) is 0. The monoisotopic (exact) mass is 344 g/mol. The third kappa shape index (κ3) is 3.02. The van der Waals surface area contributed by atoms with E-state index in [4.69, 9.17) is 9.84 Å². The van der Waals surface area contributed by atoms with E-state index in [1.165, 1.54) is 0 Å². The van der Waals surface area contributed by atoms with Gasteiger partial charge in [0.05, 0.1) is 0 Å². The summed E-state index contributed by atoms with van der Waals surface area (Å²) in [4.78, 5) is 22.0. The molecule has 1 heterocycles. The molecule has 0 aliphatic carbocycles. The van der Waals surface area contributed by atoms with Crippen molar-refractivity contribution in [1.29, 1.82) is 0 Å². The summed E-state index contributed by atoms with van der Waals surface area (Å²) in [6, 6.07) is 12.0. The topological polar surface area (TPSA) is 104 Å². The van der Waals surface area contributed by atoms with Crippen LogP contribution in [0.25, 0.3) is 21.2 Å². The SMILES string of the molecule is O=C(O)COc1c(C(=O)O)sc2cc(-c3cccc(O)c3)ccc12. The van der Waals surface area contributed by atoms with E-state index in [1.807, 2.05) is 6.07 Å². The molecule has 2 aromatic carbocycles. The zero-order chi connectivity index (χ0) is 17.3. The molecule has 3 aromatic rings. The lowest BCUT2D eigenvalue weighted by molar-refractivity contribution is -0.139. The van der Waals surface area contributed by atoms with Crippen molar-refractivity contribution in [3.8, 4) is 22.6 Å². The predicted molar refractivity (Wildman–Crippen MR) is 89.0 cm³/mol. The first-order chi connectivity index (χ1) is 11.5. The number of hydrogen-bond donors (Lipinski definition) is 3. The fourth-order valence-electron chi connectivity index (χ4n) is 2.36. The van der Waals surface area contributed by atoms with E-state index in [-0.39, 0.29) is 16.4 Å². The maximum Gasteiger partial charge on any atom is 0.349 e. The second-order valence-corrected chi connectivity index (χ2v) is 6.06. The second kappa shape index (κ2) is 6.21. The molecule has 0 saturated carbocycles. The Morgan fingerprint density at radius 2 is 1.79 bits per heavy atom. The summed E-state index contributed by atoms with van der Waals surface area (Å²) >= 11 is 1.02. The Bertz CT molecular complexity index is 943. The summed E-state index contributed by atoms with van der Waals surface area (Å²) in [7, 11) is 0. The first-order valence-corrected chi connectivity index (χ1v) is 7.71. The number of aliphatic carboxylic acids is 1. The van der Waals surface area contributed by atoms with Crippen LogP contribution in [-0.2, 0) is 4.79 Å². The van der Waals surface area contributed by atoms with Crippen molar-refractivity contribution in [2.45, 2.75) is 0 Å². The molecule has 3 rings (SSSR count). The van der Waals surface area contributed by atoms with Crippen LogP contribution >= 0.6 is 11.3 Å². The molecule has 122 valence electrons. The van der Waals surface area contributed by atoms with Crippen molar-refractivity contribution in [1.82, 2.24) is 0 Å². The van der Waals surface area contributed by atoms with Gasteiger partial charge >= 0.3 is 11.9 Å². The van der Waals surface area contributed by atoms with Crippen LogP contribution in [0.1, 0.15) is 9.67 Å². The molecule has 7 heteroatoms. The van der Waals surface area contributed by atoms with Gasteiger partial charge in [0, 0.05) is 10.1 Å². The molecule has 0 atom stereocenters. The van der Waals surface area contributed by atoms with Crippen LogP contribution in [-0.4, -0.2) is 33.9 Å². The van der Waals surface area contributed by atoms with Crippen molar-refractivity contribution in [3.63, 3.8) is 0 Å². The molecule has 6 nitrogen and oxygen atoms in total. The number of carboxylic acids is 2. The van der Waals surface area contributed by atoms with Crippen LogP contribution in [0.2, 0.25) is 0 Å². The molecular weight excluding hydrogens is 332 g/mol. The molecule has 0 bridgehead atoms. The number of phenolic OH excluding ortho intramolecular Hbond substituents is 1. The number of aromatic hydroxyl groups is 1. The molecule has 0 radical (unpaired) electrons. The van der Waals surface area contributed by atoms with Gasteiger partial charge in [-0.15, -0.1) is 11.3 Å². The predicted octanol–water partition coefficient (Wildman–Crippen LogP) is 3.44. The van der Waals surface area contributed by atoms with Crippen LogP contribution in [0, 0.1) is 0 Å². The van der Waals surface area contributed by atoms with Crippen LogP contribution < -0.4 is 4.74 Å². The van der Waals surface area contributed by atoms with Gasteiger partial charge in [-0.2, -0.15) is 0 Å². The number of benzene rings is 2. The van der Waals surface area contributed by atoms with E-state index in [0.29, 0.717) is 10.1 Å². The first kappa shape index (κ1) is 15.8. The van der Waals surface area contributed by atoms with Gasteiger partial charge in [-0.25, -0.2) is 9.59 Å². The largest absolute Gasteiger partial charge is 0.508 e. The highest BCUT2D eigenvalue weighted by molar-refractivity contribution is 7.21. The van der Waals surface area contributed by atoms with Crippen molar-refractivity contribution >= 4 is 33.4 Å². The van der Waals surface area contributed by atoms with Crippen molar-refractivity contribution in [2.24, 2.45) is 0 Å². The van der Waals surface area contributed by atoms with Crippen LogP contribution in [0.5, 0.6) is 11.5 Å². The summed E-state index contributed by atoms with van der Waals surface area (Å²) in [5.41, 5.74) is 1.59. The number of carboxylic acid groups (broad SMARTS) is 2. The number of aromatic carboxylic acids is 1. The smallest absolute Gasteiger partial charge is 0.349 e. The van der Waals surface area contributed by atoms with Crippen molar-refractivity contribution in [2.75, 3.05) is 6.61 Å². The molecule has 0 spiro atoms. The highest BCUT2D eigenvalue weighted by Crippen LogP contribution is 2.40. The van der Waals surface area contributed by atoms with Crippen molar-refractivity contribution in [3.05, 3.63) is 47.3 Å². The van der Waals surface area contributed by atoms with Gasteiger partial charge in [0.2, 0.25) is 0 Å². The Balaban J connectivity index is 2.10. The maximum atomic E-state index is 11.4. The lowest BCUT2D eigenvalue weighted by Crippen LogP contribution is -2.10. The summed E-state index contributed by atoms with van der Waals surface area (Å²) < 4.78 is 5.83. The average Bonchev–Trinajstić information content (AvgIpc) is 2.91. The molecule has 3 N–H and O–H groups in total. The van der Waals surface area contributed by atoms with Gasteiger partial charge in [0.15, 0.2) is 17.2 Å². The van der Waals surface area contributed by atoms with Crippen LogP contribution in [0.3, 0.4) is 0 Å². The van der Waals surface area contributed by atoms with Gasteiger partial charge in [-0.3, -0.25) is 0 Å². The Kier molecular flexibility index (Phi) is 4.09. The highest BCUT2D eigenvalue weighted by atomic mass is 32.1. The van der Waals surface area contributed by atoms with E-state index in [9.17, 15) is 19.8 Å². The standard InChI is InChI=1S/C17H12O6S/c18-11-3-1-2-9(6-11)10-4-5-12-13(7-10)24-16(17(21)22)15(12)23-8-14(19)20/h1-7,18H,8H2,(H,19,20)(H,21,22). The lowest BCUT2D eigenvalue weighted by Gasteiger charge is -2.05. The molecule has 1 aromatic heterocycles. The average molecular weight is 344 g/mol. The number of fused-ring (bicyclic) bond motifs is 1. The Morgan fingerprint density at radius 1 is 1.04 bits per heavy atom. The molecule has 0 unspecified atom stereocenters. The third-order valence-corrected chi connectivity index (χ3v) is 4.48. The molecular formula is C17H12O6S. The van der Waals surface area contributed by atoms with E-state index < -0.39 is 18.5 Å². The second-order valence-electron chi connectivity index (χ2n) is 5.01. The molecule has 0 aliphatic rings. The number of thiophene rings is 1. The summed E-state index contributed by atoms with van der Waals surface area (Å²) in [5, 5.41) is 28.2. The Morgan fingerprint density at radius 3 is 2.46 bits per heavy atom. The van der Waals surface area contributed by atoms with Gasteiger partial charge in [-0.05, 0) is 35.4 Å². The third-order valence-electron chi connectivity index (χ3n) is 3.36. The molecule has 0 amide bonds. The summed E-state index contributed by atoms with van der Waals surface area (Å²) in [5.74, 6) is -2.15. The van der Waals surface area contributed by atoms with E-state index in [1.54, 1.807) is 36.4 Å². The minimum absolute atomic E-state index is 0.0423. The number of phenols is 1. The van der Waals surface area contributed by atoms with Gasteiger partial charge in [0.25, 0.3) is 0 Å².